The molecule has 0 saturated heterocycles. The van der Waals surface area contributed by atoms with E-state index in [2.05, 4.69) is 17.5 Å². The van der Waals surface area contributed by atoms with E-state index in [0.717, 1.165) is 12.2 Å². The Morgan fingerprint density at radius 2 is 2.00 bits per heavy atom. The van der Waals surface area contributed by atoms with E-state index in [1.165, 1.54) is 10.1 Å². The number of thiophene rings is 1. The second kappa shape index (κ2) is 8.76. The minimum absolute atomic E-state index is 0.0460. The molecule has 2 rings (SSSR count). The van der Waals surface area contributed by atoms with Gasteiger partial charge >= 0.3 is 5.97 Å². The Morgan fingerprint density at radius 3 is 2.82 bits per heavy atom. The number of rotatable bonds is 9. The maximum atomic E-state index is 11.4. The van der Waals surface area contributed by atoms with Crippen LogP contribution in [0.25, 0.3) is 10.1 Å². The molecule has 0 amide bonds. The van der Waals surface area contributed by atoms with Crippen molar-refractivity contribution in [2.24, 2.45) is 5.92 Å². The van der Waals surface area contributed by atoms with Crippen molar-refractivity contribution in [3.05, 3.63) is 29.6 Å². The summed E-state index contributed by atoms with van der Waals surface area (Å²) in [5, 5.41) is 3.26. The second-order valence-electron chi connectivity index (χ2n) is 5.06. The van der Waals surface area contributed by atoms with Crippen molar-refractivity contribution in [1.29, 1.82) is 0 Å². The molecule has 1 heterocycles. The first kappa shape index (κ1) is 16.8. The van der Waals surface area contributed by atoms with Gasteiger partial charge in [-0.1, -0.05) is 13.8 Å². The molecule has 0 radical (unpaired) electrons. The summed E-state index contributed by atoms with van der Waals surface area (Å²) in [6, 6.07) is 8.13. The van der Waals surface area contributed by atoms with Crippen LogP contribution in [0.2, 0.25) is 0 Å². The van der Waals surface area contributed by atoms with Crippen LogP contribution in [0.4, 0.5) is 0 Å². The van der Waals surface area contributed by atoms with E-state index in [1.54, 1.807) is 11.3 Å². The number of hydrogen-bond donors (Lipinski definition) is 0. The molecule has 0 aliphatic rings. The number of carbonyl (C=O) groups is 1. The third kappa shape index (κ3) is 5.00. The molecule has 0 saturated carbocycles. The summed E-state index contributed by atoms with van der Waals surface area (Å²) in [6.07, 6.45) is 0.794. The first-order chi connectivity index (χ1) is 10.7. The zero-order valence-corrected chi connectivity index (χ0v) is 13.9. The fourth-order valence-electron chi connectivity index (χ4n) is 1.87. The summed E-state index contributed by atoms with van der Waals surface area (Å²) in [6.45, 7) is 5.48. The van der Waals surface area contributed by atoms with Crippen LogP contribution in [-0.4, -0.2) is 32.4 Å². The topological polar surface area (TPSA) is 44.8 Å². The number of benzene rings is 1. The van der Waals surface area contributed by atoms with Crippen molar-refractivity contribution in [2.75, 3.05) is 26.4 Å². The molecular weight excluding hydrogens is 300 g/mol. The highest BCUT2D eigenvalue weighted by Crippen LogP contribution is 2.25. The largest absolute Gasteiger partial charge is 0.491 e. The third-order valence-corrected chi connectivity index (χ3v) is 4.30. The maximum Gasteiger partial charge on any atom is 0.308 e. The summed E-state index contributed by atoms with van der Waals surface area (Å²) in [4.78, 5) is 11.4. The van der Waals surface area contributed by atoms with Gasteiger partial charge in [0, 0.05) is 4.70 Å². The second-order valence-corrected chi connectivity index (χ2v) is 6.01. The van der Waals surface area contributed by atoms with Crippen LogP contribution < -0.4 is 4.74 Å². The molecule has 1 aromatic heterocycles. The smallest absolute Gasteiger partial charge is 0.308 e. The van der Waals surface area contributed by atoms with Gasteiger partial charge in [-0.15, -0.1) is 11.3 Å². The van der Waals surface area contributed by atoms with Crippen molar-refractivity contribution in [2.45, 2.75) is 20.3 Å². The predicted octanol–water partition coefficient (Wildman–Crippen LogP) is 3.89. The van der Waals surface area contributed by atoms with Crippen molar-refractivity contribution in [3.8, 4) is 5.75 Å². The van der Waals surface area contributed by atoms with E-state index in [1.807, 2.05) is 26.0 Å². The van der Waals surface area contributed by atoms with Gasteiger partial charge in [-0.3, -0.25) is 4.79 Å². The Hall–Kier alpha value is -1.59. The highest BCUT2D eigenvalue weighted by atomic mass is 32.1. The van der Waals surface area contributed by atoms with Crippen molar-refractivity contribution >= 4 is 27.4 Å². The molecule has 1 atom stereocenters. The number of ether oxygens (including phenoxy) is 3. The van der Waals surface area contributed by atoms with Crippen LogP contribution in [0.3, 0.4) is 0 Å². The van der Waals surface area contributed by atoms with E-state index < -0.39 is 0 Å². The van der Waals surface area contributed by atoms with Gasteiger partial charge in [0.1, 0.15) is 19.0 Å². The summed E-state index contributed by atoms with van der Waals surface area (Å²) >= 11 is 1.72. The van der Waals surface area contributed by atoms with Crippen LogP contribution in [0.5, 0.6) is 5.75 Å². The lowest BCUT2D eigenvalue weighted by Gasteiger charge is -2.10. The molecule has 1 unspecified atom stereocenters. The first-order valence-electron chi connectivity index (χ1n) is 7.55. The van der Waals surface area contributed by atoms with E-state index in [9.17, 15) is 4.79 Å². The summed E-state index contributed by atoms with van der Waals surface area (Å²) in [7, 11) is 0. The van der Waals surface area contributed by atoms with Gasteiger partial charge in [-0.2, -0.15) is 0 Å². The average Bonchev–Trinajstić information content (AvgIpc) is 3.00. The fourth-order valence-corrected chi connectivity index (χ4v) is 2.64. The molecule has 120 valence electrons. The van der Waals surface area contributed by atoms with Crippen LogP contribution in [-0.2, 0) is 14.3 Å². The fraction of sp³-hybridized carbons (Fsp3) is 0.471. The molecule has 0 aliphatic heterocycles. The van der Waals surface area contributed by atoms with Crippen molar-refractivity contribution < 1.29 is 19.0 Å². The lowest BCUT2D eigenvalue weighted by molar-refractivity contribution is -0.149. The molecule has 0 fully saturated rings. The summed E-state index contributed by atoms with van der Waals surface area (Å²) < 4.78 is 17.4. The van der Waals surface area contributed by atoms with Gasteiger partial charge in [-0.25, -0.2) is 0 Å². The molecule has 22 heavy (non-hydrogen) atoms. The zero-order chi connectivity index (χ0) is 15.8. The number of esters is 1. The molecule has 0 N–H and O–H groups in total. The summed E-state index contributed by atoms with van der Waals surface area (Å²) in [5.74, 6) is 0.638. The number of hydrogen-bond acceptors (Lipinski definition) is 5. The van der Waals surface area contributed by atoms with E-state index in [-0.39, 0.29) is 11.9 Å². The van der Waals surface area contributed by atoms with Crippen LogP contribution in [0.1, 0.15) is 20.3 Å². The highest BCUT2D eigenvalue weighted by molar-refractivity contribution is 7.17. The minimum atomic E-state index is -0.161. The van der Waals surface area contributed by atoms with Gasteiger partial charge in [0.05, 0.1) is 19.1 Å². The first-order valence-corrected chi connectivity index (χ1v) is 8.43. The van der Waals surface area contributed by atoms with E-state index in [0.29, 0.717) is 26.4 Å². The Balaban J connectivity index is 1.56. The van der Waals surface area contributed by atoms with Crippen LogP contribution >= 0.6 is 11.3 Å². The lowest BCUT2D eigenvalue weighted by Crippen LogP contribution is -2.18. The van der Waals surface area contributed by atoms with Gasteiger partial charge in [0.2, 0.25) is 0 Å². The van der Waals surface area contributed by atoms with Gasteiger partial charge in [0.25, 0.3) is 0 Å². The SMILES string of the molecule is CCC(C)C(=O)OCCOCCOc1ccc2sccc2c1. The van der Waals surface area contributed by atoms with Crippen LogP contribution in [0.15, 0.2) is 29.6 Å². The van der Waals surface area contributed by atoms with Crippen molar-refractivity contribution in [1.82, 2.24) is 0 Å². The molecule has 1 aromatic carbocycles. The normalized spacial score (nSPS) is 12.3. The quantitative estimate of drug-likeness (QED) is 0.519. The van der Waals surface area contributed by atoms with E-state index in [4.69, 9.17) is 14.2 Å². The van der Waals surface area contributed by atoms with Gasteiger partial charge in [-0.05, 0) is 41.5 Å². The number of fused-ring (bicyclic) bond motifs is 1. The molecule has 0 aliphatic carbocycles. The average molecular weight is 322 g/mol. The molecule has 4 nitrogen and oxygen atoms in total. The van der Waals surface area contributed by atoms with Crippen LogP contribution in [0, 0.1) is 5.92 Å². The number of carbonyl (C=O) groups excluding carboxylic acids is 1. The minimum Gasteiger partial charge on any atom is -0.491 e. The third-order valence-electron chi connectivity index (χ3n) is 3.41. The molecule has 2 aromatic rings. The Kier molecular flexibility index (Phi) is 6.68. The highest BCUT2D eigenvalue weighted by Gasteiger charge is 2.11. The molecule has 0 spiro atoms. The monoisotopic (exact) mass is 322 g/mol. The van der Waals surface area contributed by atoms with Gasteiger partial charge in [0.15, 0.2) is 0 Å². The van der Waals surface area contributed by atoms with Gasteiger partial charge < -0.3 is 14.2 Å². The Morgan fingerprint density at radius 1 is 1.18 bits per heavy atom. The molecular formula is C17H22O4S. The Labute approximate surface area is 135 Å². The Bertz CT molecular complexity index is 593. The molecule has 0 bridgehead atoms. The standard InChI is InChI=1S/C17H22O4S/c1-3-13(2)17(18)21-10-8-19-7-9-20-15-4-5-16-14(12-15)6-11-22-16/h4-6,11-13H,3,7-10H2,1-2H3. The zero-order valence-electron chi connectivity index (χ0n) is 13.0. The molecule has 5 heteroatoms. The van der Waals surface area contributed by atoms with Crippen molar-refractivity contribution in [3.63, 3.8) is 0 Å². The summed E-state index contributed by atoms with van der Waals surface area (Å²) in [5.41, 5.74) is 0. The lowest BCUT2D eigenvalue weighted by atomic mass is 10.1. The van der Waals surface area contributed by atoms with E-state index >= 15 is 0 Å². The predicted molar refractivity (Wildman–Crippen MR) is 88.6 cm³/mol. The maximum absolute atomic E-state index is 11.4.